The molecule has 0 unspecified atom stereocenters. The van der Waals surface area contributed by atoms with Crippen molar-refractivity contribution in [3.8, 4) is 17.1 Å². The average Bonchev–Trinajstić information content (AvgIpc) is 3.38. The van der Waals surface area contributed by atoms with Crippen LogP contribution in [0.5, 0.6) is 0 Å². The zero-order valence-electron chi connectivity index (χ0n) is 19.3. The summed E-state index contributed by atoms with van der Waals surface area (Å²) in [6.07, 6.45) is 1.85. The van der Waals surface area contributed by atoms with E-state index in [2.05, 4.69) is 87.5 Å². The quantitative estimate of drug-likeness (QED) is 0.254. The van der Waals surface area contributed by atoms with Crippen molar-refractivity contribution < 1.29 is 4.42 Å². The molecule has 0 saturated heterocycles. The number of fused-ring (bicyclic) bond motifs is 4. The van der Waals surface area contributed by atoms with Gasteiger partial charge in [-0.25, -0.2) is 0 Å². The monoisotopic (exact) mass is 493 g/mol. The van der Waals surface area contributed by atoms with Gasteiger partial charge in [-0.15, -0.1) is 0 Å². The summed E-state index contributed by atoms with van der Waals surface area (Å²) in [7, 11) is 0. The Morgan fingerprint density at radius 3 is 2.45 bits per heavy atom. The normalized spacial score (nSPS) is 12.2. The third-order valence-corrected chi connectivity index (χ3v) is 10.7. The molecule has 0 bridgehead atoms. The van der Waals surface area contributed by atoms with Crippen LogP contribution < -0.4 is 4.40 Å². The molecular weight excluding hydrogens is 467 g/mol. The maximum atomic E-state index is 6.55. The van der Waals surface area contributed by atoms with Gasteiger partial charge in [-0.2, -0.15) is 0 Å². The summed E-state index contributed by atoms with van der Waals surface area (Å²) < 4.78 is 10.2. The van der Waals surface area contributed by atoms with Crippen molar-refractivity contribution in [2.24, 2.45) is 0 Å². The standard InChI is InChI=1S/C28H25GeN3O/c1-18-26-24(15-16-30-18)32(20-9-6-5-7-10-20)28(31-26)23-12-8-11-22-21-14-13-19(29(2,3)4)17-25(21)33-27(22)23/h5-17H,1-4H3. The maximum absolute atomic E-state index is 6.55. The van der Waals surface area contributed by atoms with Crippen molar-refractivity contribution in [3.63, 3.8) is 0 Å². The molecule has 3 aromatic heterocycles. The number of para-hydroxylation sites is 2. The third-order valence-electron chi connectivity index (χ3n) is 6.38. The number of furan rings is 1. The summed E-state index contributed by atoms with van der Waals surface area (Å²) >= 11 is -1.97. The summed E-state index contributed by atoms with van der Waals surface area (Å²) in [5.41, 5.74) is 6.76. The number of imidazole rings is 1. The number of pyridine rings is 1. The number of nitrogens with zero attached hydrogens (tertiary/aromatic N) is 3. The van der Waals surface area contributed by atoms with Crippen LogP contribution in [0.15, 0.2) is 83.4 Å². The molecule has 0 amide bonds. The van der Waals surface area contributed by atoms with Crippen LogP contribution in [0, 0.1) is 6.92 Å². The Hall–Kier alpha value is -3.38. The van der Waals surface area contributed by atoms with E-state index in [4.69, 9.17) is 9.40 Å². The van der Waals surface area contributed by atoms with Gasteiger partial charge in [-0.3, -0.25) is 0 Å². The molecule has 0 spiro atoms. The second kappa shape index (κ2) is 7.32. The van der Waals surface area contributed by atoms with Gasteiger partial charge in [0.1, 0.15) is 0 Å². The van der Waals surface area contributed by atoms with Crippen molar-refractivity contribution in [2.75, 3.05) is 0 Å². The fourth-order valence-corrected chi connectivity index (χ4v) is 7.00. The summed E-state index contributed by atoms with van der Waals surface area (Å²) in [6, 6.07) is 25.5. The molecule has 0 N–H and O–H groups in total. The first-order chi connectivity index (χ1) is 15.9. The van der Waals surface area contributed by atoms with Gasteiger partial charge in [0.2, 0.25) is 0 Å². The Kier molecular flexibility index (Phi) is 4.49. The number of hydrogen-bond donors (Lipinski definition) is 0. The van der Waals surface area contributed by atoms with Crippen molar-refractivity contribution in [1.82, 2.24) is 14.5 Å². The molecule has 6 rings (SSSR count). The Bertz CT molecular complexity index is 1660. The van der Waals surface area contributed by atoms with Crippen LogP contribution in [0.2, 0.25) is 17.3 Å². The molecule has 6 aromatic rings. The molecule has 0 saturated carbocycles. The predicted molar refractivity (Wildman–Crippen MR) is 139 cm³/mol. The molecule has 162 valence electrons. The van der Waals surface area contributed by atoms with Crippen LogP contribution in [0.1, 0.15) is 5.69 Å². The molecule has 0 aliphatic carbocycles. The average molecular weight is 492 g/mol. The van der Waals surface area contributed by atoms with Gasteiger partial charge >= 0.3 is 196 Å². The number of rotatable bonds is 3. The van der Waals surface area contributed by atoms with E-state index in [9.17, 15) is 0 Å². The third kappa shape index (κ3) is 3.20. The SMILES string of the molecule is Cc1nccc2c1nc(-c1cccc3c1oc1c[c]([Ge]([CH3])([CH3])[CH3])ccc13)n2-c1ccccc1. The van der Waals surface area contributed by atoms with Crippen molar-refractivity contribution >= 4 is 50.6 Å². The topological polar surface area (TPSA) is 43.9 Å². The summed E-state index contributed by atoms with van der Waals surface area (Å²) in [4.78, 5) is 9.57. The van der Waals surface area contributed by atoms with E-state index in [0.717, 1.165) is 55.7 Å². The first-order valence-corrected chi connectivity index (χ1v) is 18.6. The molecule has 0 radical (unpaired) electrons. The van der Waals surface area contributed by atoms with Crippen LogP contribution in [-0.4, -0.2) is 27.8 Å². The summed E-state index contributed by atoms with van der Waals surface area (Å²) in [6.45, 7) is 2.01. The predicted octanol–water partition coefficient (Wildman–Crippen LogP) is 6.84. The number of aryl methyl sites for hydroxylation is 1. The van der Waals surface area contributed by atoms with Gasteiger partial charge in [-0.1, -0.05) is 0 Å². The Labute approximate surface area is 195 Å². The van der Waals surface area contributed by atoms with Crippen molar-refractivity contribution in [1.29, 1.82) is 0 Å². The summed E-state index contributed by atoms with van der Waals surface area (Å²) in [5.74, 6) is 8.10. The van der Waals surface area contributed by atoms with Gasteiger partial charge in [0.05, 0.1) is 0 Å². The fourth-order valence-electron chi connectivity index (χ4n) is 4.59. The second-order valence-corrected chi connectivity index (χ2v) is 20.3. The molecule has 0 aliphatic heterocycles. The van der Waals surface area contributed by atoms with E-state index in [0.29, 0.717) is 0 Å². The molecule has 33 heavy (non-hydrogen) atoms. The van der Waals surface area contributed by atoms with Gasteiger partial charge in [0.15, 0.2) is 0 Å². The minimum absolute atomic E-state index is 0.866. The van der Waals surface area contributed by atoms with Gasteiger partial charge in [-0.05, 0) is 0 Å². The molecule has 5 heteroatoms. The molecule has 3 aromatic carbocycles. The molecular formula is C28H25GeN3O. The zero-order chi connectivity index (χ0) is 22.7. The van der Waals surface area contributed by atoms with E-state index in [1.54, 1.807) is 0 Å². The molecule has 0 fully saturated rings. The van der Waals surface area contributed by atoms with E-state index in [1.807, 2.05) is 25.3 Å². The van der Waals surface area contributed by atoms with Crippen LogP contribution in [-0.2, 0) is 0 Å². The first kappa shape index (κ1) is 20.2. The van der Waals surface area contributed by atoms with E-state index in [1.165, 1.54) is 4.40 Å². The minimum atomic E-state index is -1.97. The van der Waals surface area contributed by atoms with Gasteiger partial charge in [0.25, 0.3) is 0 Å². The van der Waals surface area contributed by atoms with E-state index in [-0.39, 0.29) is 0 Å². The van der Waals surface area contributed by atoms with Gasteiger partial charge < -0.3 is 0 Å². The number of benzene rings is 3. The van der Waals surface area contributed by atoms with Crippen molar-refractivity contribution in [2.45, 2.75) is 24.2 Å². The molecule has 3 heterocycles. The Balaban J connectivity index is 1.69. The van der Waals surface area contributed by atoms with Crippen molar-refractivity contribution in [3.05, 3.63) is 84.7 Å². The molecule has 0 aliphatic rings. The fraction of sp³-hybridized carbons (Fsp3) is 0.143. The zero-order valence-corrected chi connectivity index (χ0v) is 21.4. The number of hydrogen-bond acceptors (Lipinski definition) is 3. The van der Waals surface area contributed by atoms with Crippen LogP contribution in [0.4, 0.5) is 0 Å². The van der Waals surface area contributed by atoms with Gasteiger partial charge in [0, 0.05) is 0 Å². The van der Waals surface area contributed by atoms with Crippen LogP contribution in [0.3, 0.4) is 0 Å². The van der Waals surface area contributed by atoms with Crippen LogP contribution in [0.25, 0.3) is 50.0 Å². The molecule has 4 nitrogen and oxygen atoms in total. The van der Waals surface area contributed by atoms with E-state index >= 15 is 0 Å². The second-order valence-electron chi connectivity index (χ2n) is 9.62. The molecule has 0 atom stereocenters. The Morgan fingerprint density at radius 1 is 0.848 bits per heavy atom. The van der Waals surface area contributed by atoms with Crippen LogP contribution >= 0.6 is 0 Å². The Morgan fingerprint density at radius 2 is 1.67 bits per heavy atom. The van der Waals surface area contributed by atoms with E-state index < -0.39 is 13.3 Å². The number of aromatic nitrogens is 3. The summed E-state index contributed by atoms with van der Waals surface area (Å²) in [5, 5.41) is 2.28. The first-order valence-electron chi connectivity index (χ1n) is 11.3.